The lowest BCUT2D eigenvalue weighted by atomic mass is 10.1. The van der Waals surface area contributed by atoms with Gasteiger partial charge in [-0.3, -0.25) is 0 Å². The topological polar surface area (TPSA) is 37.3 Å². The molecule has 1 N–H and O–H groups in total. The van der Waals surface area contributed by atoms with Crippen molar-refractivity contribution in [1.29, 1.82) is 0 Å². The van der Waals surface area contributed by atoms with Gasteiger partial charge in [-0.1, -0.05) is 25.5 Å². The maximum Gasteiger partial charge on any atom is 0.344 e. The average Bonchev–Trinajstić information content (AvgIpc) is 2.30. The second-order valence-corrected chi connectivity index (χ2v) is 5.12. The molecule has 4 heteroatoms. The van der Waals surface area contributed by atoms with Crippen LogP contribution < -0.4 is 0 Å². The molecule has 1 saturated carbocycles. The maximum atomic E-state index is 14.0. The summed E-state index contributed by atoms with van der Waals surface area (Å²) in [5.74, 6) is -1.49. The Morgan fingerprint density at radius 1 is 1.43 bits per heavy atom. The van der Waals surface area contributed by atoms with E-state index in [9.17, 15) is 9.18 Å². The second kappa shape index (κ2) is 2.72. The molecule has 1 aliphatic rings. The van der Waals surface area contributed by atoms with Gasteiger partial charge in [-0.25, -0.2) is 9.18 Å². The van der Waals surface area contributed by atoms with E-state index in [1.807, 2.05) is 0 Å². The van der Waals surface area contributed by atoms with Gasteiger partial charge in [0.15, 0.2) is 0 Å². The fourth-order valence-corrected chi connectivity index (χ4v) is 2.52. The zero-order chi connectivity index (χ0) is 11.4. The minimum atomic E-state index is -2.36. The lowest BCUT2D eigenvalue weighted by molar-refractivity contribution is -0.146. The average molecular weight is 221 g/mol. The predicted molar refractivity (Wildman–Crippen MR) is 53.3 cm³/mol. The van der Waals surface area contributed by atoms with Gasteiger partial charge in [0.1, 0.15) is 4.87 Å². The largest absolute Gasteiger partial charge is 0.479 e. The van der Waals surface area contributed by atoms with Crippen LogP contribution in [0.5, 0.6) is 0 Å². The molecule has 0 spiro atoms. The van der Waals surface area contributed by atoms with E-state index < -0.39 is 21.9 Å². The molecule has 0 aliphatic heterocycles. The molecule has 0 aromatic carbocycles. The monoisotopic (exact) mass is 220 g/mol. The van der Waals surface area contributed by atoms with E-state index in [4.69, 9.17) is 16.7 Å². The summed E-state index contributed by atoms with van der Waals surface area (Å²) < 4.78 is 14.0. The minimum Gasteiger partial charge on any atom is -0.479 e. The molecule has 1 rings (SSSR count). The van der Waals surface area contributed by atoms with Gasteiger partial charge in [0.2, 0.25) is 5.67 Å². The van der Waals surface area contributed by atoms with Gasteiger partial charge in [-0.15, -0.1) is 11.6 Å². The summed E-state index contributed by atoms with van der Waals surface area (Å²) in [6.07, 6.45) is 1.49. The van der Waals surface area contributed by atoms with E-state index in [0.717, 1.165) is 5.57 Å². The summed E-state index contributed by atoms with van der Waals surface area (Å²) in [6, 6.07) is 0. The fourth-order valence-electron chi connectivity index (χ4n) is 1.90. The van der Waals surface area contributed by atoms with Crippen LogP contribution in [0.15, 0.2) is 11.6 Å². The molecule has 0 amide bonds. The van der Waals surface area contributed by atoms with E-state index >= 15 is 0 Å². The van der Waals surface area contributed by atoms with E-state index in [1.165, 1.54) is 19.9 Å². The van der Waals surface area contributed by atoms with Crippen LogP contribution in [-0.4, -0.2) is 21.6 Å². The number of hydrogen-bond donors (Lipinski definition) is 1. The Balaban J connectivity index is 3.18. The summed E-state index contributed by atoms with van der Waals surface area (Å²) in [7, 11) is 0. The summed E-state index contributed by atoms with van der Waals surface area (Å²) in [6.45, 7) is 6.57. The van der Waals surface area contributed by atoms with Crippen LogP contribution in [0.4, 0.5) is 4.39 Å². The standard InChI is InChI=1S/C10H14ClFO2/c1-6(2)5-9(11)8(3,4)10(9,12)7(13)14/h5H,1-4H3,(H,13,14). The van der Waals surface area contributed by atoms with Gasteiger partial charge in [0, 0.05) is 5.41 Å². The number of allylic oxidation sites excluding steroid dienone is 2. The number of carbonyl (C=O) groups is 1. The molecule has 0 radical (unpaired) electrons. The molecule has 0 aromatic heterocycles. The van der Waals surface area contributed by atoms with Gasteiger partial charge in [0.25, 0.3) is 0 Å². The number of carboxylic acids is 1. The van der Waals surface area contributed by atoms with E-state index in [2.05, 4.69) is 0 Å². The van der Waals surface area contributed by atoms with Gasteiger partial charge >= 0.3 is 5.97 Å². The Morgan fingerprint density at radius 2 is 1.86 bits per heavy atom. The van der Waals surface area contributed by atoms with Crippen LogP contribution in [-0.2, 0) is 4.79 Å². The summed E-state index contributed by atoms with van der Waals surface area (Å²) in [5, 5.41) is 8.81. The smallest absolute Gasteiger partial charge is 0.344 e. The highest BCUT2D eigenvalue weighted by Gasteiger charge is 2.87. The number of halogens is 2. The number of carboxylic acid groups (broad SMARTS) is 1. The van der Waals surface area contributed by atoms with Gasteiger partial charge < -0.3 is 5.11 Å². The first kappa shape index (κ1) is 11.5. The number of aliphatic carboxylic acids is 1. The Morgan fingerprint density at radius 3 is 2.07 bits per heavy atom. The molecule has 0 heterocycles. The highest BCUT2D eigenvalue weighted by atomic mass is 35.5. The zero-order valence-corrected chi connectivity index (χ0v) is 9.44. The lowest BCUT2D eigenvalue weighted by Gasteiger charge is -2.05. The van der Waals surface area contributed by atoms with Crippen LogP contribution >= 0.6 is 11.6 Å². The minimum absolute atomic E-state index is 0.814. The van der Waals surface area contributed by atoms with Crippen molar-refractivity contribution in [3.8, 4) is 0 Å². The van der Waals surface area contributed by atoms with Crippen molar-refractivity contribution >= 4 is 17.6 Å². The van der Waals surface area contributed by atoms with E-state index in [1.54, 1.807) is 13.8 Å². The Hall–Kier alpha value is -0.570. The van der Waals surface area contributed by atoms with Crippen molar-refractivity contribution in [2.24, 2.45) is 5.41 Å². The molecular weight excluding hydrogens is 207 g/mol. The molecule has 0 saturated heterocycles. The van der Waals surface area contributed by atoms with Crippen molar-refractivity contribution in [2.75, 3.05) is 0 Å². The third-order valence-corrected chi connectivity index (χ3v) is 3.83. The zero-order valence-electron chi connectivity index (χ0n) is 8.69. The molecule has 80 valence electrons. The molecule has 2 nitrogen and oxygen atoms in total. The first-order valence-electron chi connectivity index (χ1n) is 4.38. The van der Waals surface area contributed by atoms with Gasteiger partial charge in [-0.05, 0) is 13.8 Å². The summed E-state index contributed by atoms with van der Waals surface area (Å²) in [4.78, 5) is 9.40. The van der Waals surface area contributed by atoms with Crippen LogP contribution in [0, 0.1) is 5.41 Å². The van der Waals surface area contributed by atoms with Crippen molar-refractivity contribution < 1.29 is 14.3 Å². The number of rotatable bonds is 2. The highest BCUT2D eigenvalue weighted by molar-refractivity contribution is 6.33. The Kier molecular flexibility index (Phi) is 2.24. The highest BCUT2D eigenvalue weighted by Crippen LogP contribution is 2.72. The quantitative estimate of drug-likeness (QED) is 0.574. The van der Waals surface area contributed by atoms with Crippen LogP contribution in [0.2, 0.25) is 0 Å². The normalized spacial score (nSPS) is 39.0. The van der Waals surface area contributed by atoms with E-state index in [-0.39, 0.29) is 0 Å². The maximum absolute atomic E-state index is 14.0. The third-order valence-electron chi connectivity index (χ3n) is 2.99. The molecule has 2 unspecified atom stereocenters. The number of alkyl halides is 2. The van der Waals surface area contributed by atoms with E-state index in [0.29, 0.717) is 0 Å². The molecule has 0 aromatic rings. The lowest BCUT2D eigenvalue weighted by Crippen LogP contribution is -2.26. The molecule has 2 atom stereocenters. The fraction of sp³-hybridized carbons (Fsp3) is 0.700. The molecule has 1 aliphatic carbocycles. The van der Waals surface area contributed by atoms with Crippen molar-refractivity contribution in [1.82, 2.24) is 0 Å². The van der Waals surface area contributed by atoms with Crippen LogP contribution in [0.3, 0.4) is 0 Å². The van der Waals surface area contributed by atoms with Crippen molar-refractivity contribution in [3.05, 3.63) is 11.6 Å². The van der Waals surface area contributed by atoms with Crippen LogP contribution in [0.1, 0.15) is 27.7 Å². The number of hydrogen-bond acceptors (Lipinski definition) is 1. The van der Waals surface area contributed by atoms with Gasteiger partial charge in [-0.2, -0.15) is 0 Å². The third kappa shape index (κ3) is 0.991. The SMILES string of the molecule is CC(C)=CC1(Cl)C(C)(C)C1(F)C(=O)O. The first-order chi connectivity index (χ1) is 6.11. The van der Waals surface area contributed by atoms with Crippen molar-refractivity contribution in [3.63, 3.8) is 0 Å². The Bertz CT molecular complexity index is 320. The predicted octanol–water partition coefficient (Wildman–Crippen LogP) is 2.76. The molecule has 14 heavy (non-hydrogen) atoms. The summed E-state index contributed by atoms with van der Waals surface area (Å²) >= 11 is 6.00. The Labute approximate surface area is 87.8 Å². The second-order valence-electron chi connectivity index (χ2n) is 4.52. The van der Waals surface area contributed by atoms with Crippen molar-refractivity contribution in [2.45, 2.75) is 38.2 Å². The molecule has 1 fully saturated rings. The first-order valence-corrected chi connectivity index (χ1v) is 4.76. The summed E-state index contributed by atoms with van der Waals surface area (Å²) in [5.41, 5.74) is -2.61. The molecule has 0 bridgehead atoms. The van der Waals surface area contributed by atoms with Gasteiger partial charge in [0.05, 0.1) is 0 Å². The van der Waals surface area contributed by atoms with Crippen LogP contribution in [0.25, 0.3) is 0 Å². The molecular formula is C10H14ClFO2.